The van der Waals surface area contributed by atoms with Crippen LogP contribution < -0.4 is 5.32 Å². The second-order valence-electron chi connectivity index (χ2n) is 4.72. The van der Waals surface area contributed by atoms with Crippen molar-refractivity contribution < 1.29 is 8.78 Å². The monoisotopic (exact) mass is 417 g/mol. The summed E-state index contributed by atoms with van der Waals surface area (Å²) < 4.78 is 29.5. The molecule has 2 rings (SSSR count). The van der Waals surface area contributed by atoms with E-state index in [0.29, 0.717) is 28.6 Å². The number of hydrogen-bond donors (Lipinski definition) is 1. The molecular formula is C16H15Br2F2N. The molecule has 0 saturated heterocycles. The maximum atomic E-state index is 14.1. The fraction of sp³-hybridized carbons (Fsp3) is 0.250. The quantitative estimate of drug-likeness (QED) is 0.686. The molecule has 1 nitrogen and oxygen atoms in total. The molecule has 0 saturated carbocycles. The second-order valence-corrected chi connectivity index (χ2v) is 6.55. The number of benzene rings is 2. The highest BCUT2D eigenvalue weighted by Gasteiger charge is 2.17. The first kappa shape index (κ1) is 16.6. The van der Waals surface area contributed by atoms with Crippen LogP contribution in [0.2, 0.25) is 0 Å². The van der Waals surface area contributed by atoms with Crippen LogP contribution in [0.4, 0.5) is 8.78 Å². The molecule has 0 bridgehead atoms. The lowest BCUT2D eigenvalue weighted by Gasteiger charge is -2.20. The summed E-state index contributed by atoms with van der Waals surface area (Å²) in [6.45, 7) is 2.62. The van der Waals surface area contributed by atoms with E-state index in [1.807, 2.05) is 6.92 Å². The van der Waals surface area contributed by atoms with Gasteiger partial charge in [0, 0.05) is 20.6 Å². The van der Waals surface area contributed by atoms with Crippen LogP contribution in [0.25, 0.3) is 0 Å². The molecule has 1 atom stereocenters. The van der Waals surface area contributed by atoms with Gasteiger partial charge in [0.2, 0.25) is 0 Å². The molecule has 0 radical (unpaired) electrons. The van der Waals surface area contributed by atoms with Gasteiger partial charge in [-0.05, 0) is 48.9 Å². The minimum Gasteiger partial charge on any atom is -0.310 e. The third-order valence-electron chi connectivity index (χ3n) is 3.22. The summed E-state index contributed by atoms with van der Waals surface area (Å²) in [6.07, 6.45) is 0.387. The lowest BCUT2D eigenvalue weighted by molar-refractivity contribution is 0.498. The van der Waals surface area contributed by atoms with E-state index in [1.54, 1.807) is 24.3 Å². The third-order valence-corrected chi connectivity index (χ3v) is 4.21. The molecule has 0 fully saturated rings. The van der Waals surface area contributed by atoms with Crippen molar-refractivity contribution in [1.29, 1.82) is 0 Å². The van der Waals surface area contributed by atoms with Crippen LogP contribution in [-0.4, -0.2) is 6.54 Å². The molecule has 0 heterocycles. The van der Waals surface area contributed by atoms with Gasteiger partial charge in [0.15, 0.2) is 0 Å². The van der Waals surface area contributed by atoms with Gasteiger partial charge >= 0.3 is 0 Å². The molecule has 0 aliphatic heterocycles. The maximum Gasteiger partial charge on any atom is 0.129 e. The SMILES string of the molecule is CCNC(Cc1cc(Br)ccc1F)c1ccc(Br)cc1F. The van der Waals surface area contributed by atoms with Crippen LogP contribution in [0, 0.1) is 11.6 Å². The minimum atomic E-state index is -0.300. The Balaban J connectivity index is 2.32. The first-order chi connectivity index (χ1) is 10.0. The van der Waals surface area contributed by atoms with E-state index in [4.69, 9.17) is 0 Å². The number of likely N-dealkylation sites (N-methyl/N-ethyl adjacent to an activating group) is 1. The highest BCUT2D eigenvalue weighted by molar-refractivity contribution is 9.10. The molecule has 0 aromatic heterocycles. The van der Waals surface area contributed by atoms with Crippen LogP contribution in [0.15, 0.2) is 45.3 Å². The molecule has 2 aromatic rings. The van der Waals surface area contributed by atoms with E-state index < -0.39 is 0 Å². The average Bonchev–Trinajstić information content (AvgIpc) is 2.42. The van der Waals surface area contributed by atoms with Crippen molar-refractivity contribution in [1.82, 2.24) is 5.32 Å². The fourth-order valence-corrected chi connectivity index (χ4v) is 2.98. The Kier molecular flexibility index (Phi) is 5.90. The Morgan fingerprint density at radius 3 is 2.33 bits per heavy atom. The molecule has 5 heteroatoms. The van der Waals surface area contributed by atoms with E-state index in [1.165, 1.54) is 12.1 Å². The highest BCUT2D eigenvalue weighted by atomic mass is 79.9. The van der Waals surface area contributed by atoms with Gasteiger partial charge in [0.25, 0.3) is 0 Å². The molecule has 0 spiro atoms. The van der Waals surface area contributed by atoms with Crippen LogP contribution in [0.5, 0.6) is 0 Å². The molecule has 21 heavy (non-hydrogen) atoms. The van der Waals surface area contributed by atoms with Crippen molar-refractivity contribution in [2.45, 2.75) is 19.4 Å². The van der Waals surface area contributed by atoms with Crippen molar-refractivity contribution in [2.75, 3.05) is 6.54 Å². The van der Waals surface area contributed by atoms with Crippen molar-refractivity contribution in [2.24, 2.45) is 0 Å². The van der Waals surface area contributed by atoms with Gasteiger partial charge in [-0.1, -0.05) is 44.8 Å². The smallest absolute Gasteiger partial charge is 0.129 e. The van der Waals surface area contributed by atoms with Gasteiger partial charge in [-0.3, -0.25) is 0 Å². The molecule has 0 amide bonds. The summed E-state index contributed by atoms with van der Waals surface area (Å²) in [4.78, 5) is 0. The van der Waals surface area contributed by atoms with Crippen LogP contribution in [-0.2, 0) is 6.42 Å². The van der Waals surface area contributed by atoms with E-state index in [9.17, 15) is 8.78 Å². The predicted molar refractivity (Wildman–Crippen MR) is 88.3 cm³/mol. The lowest BCUT2D eigenvalue weighted by atomic mass is 9.98. The van der Waals surface area contributed by atoms with Crippen LogP contribution in [0.3, 0.4) is 0 Å². The van der Waals surface area contributed by atoms with Crippen molar-refractivity contribution in [3.05, 3.63) is 68.1 Å². The number of nitrogens with one attached hydrogen (secondary N) is 1. The average molecular weight is 419 g/mol. The largest absolute Gasteiger partial charge is 0.310 e. The van der Waals surface area contributed by atoms with Crippen LogP contribution in [0.1, 0.15) is 24.1 Å². The van der Waals surface area contributed by atoms with Crippen molar-refractivity contribution in [3.8, 4) is 0 Å². The topological polar surface area (TPSA) is 12.0 Å². The second kappa shape index (κ2) is 7.47. The molecule has 1 N–H and O–H groups in total. The number of hydrogen-bond acceptors (Lipinski definition) is 1. The summed E-state index contributed by atoms with van der Waals surface area (Å²) >= 11 is 6.58. The summed E-state index contributed by atoms with van der Waals surface area (Å²) in [7, 11) is 0. The van der Waals surface area contributed by atoms with Gasteiger partial charge in [0.1, 0.15) is 11.6 Å². The van der Waals surface area contributed by atoms with Gasteiger partial charge in [0.05, 0.1) is 0 Å². The van der Waals surface area contributed by atoms with E-state index in [-0.39, 0.29) is 17.7 Å². The van der Waals surface area contributed by atoms with E-state index in [2.05, 4.69) is 37.2 Å². The fourth-order valence-electron chi connectivity index (χ4n) is 2.24. The van der Waals surface area contributed by atoms with Crippen LogP contribution >= 0.6 is 31.9 Å². The molecule has 0 aliphatic rings. The molecule has 1 unspecified atom stereocenters. The molecule has 0 aliphatic carbocycles. The number of halogens is 4. The summed E-state index contributed by atoms with van der Waals surface area (Å²) in [5.74, 6) is -0.579. The van der Waals surface area contributed by atoms with Gasteiger partial charge in [-0.2, -0.15) is 0 Å². The van der Waals surface area contributed by atoms with E-state index in [0.717, 1.165) is 4.47 Å². The standard InChI is InChI=1S/C16H15Br2F2N/c1-2-21-16(13-5-3-12(18)9-15(13)20)8-10-7-11(17)4-6-14(10)19/h3-7,9,16,21H,2,8H2,1H3. The summed E-state index contributed by atoms with van der Waals surface area (Å²) in [5, 5.41) is 3.22. The van der Waals surface area contributed by atoms with Gasteiger partial charge in [-0.15, -0.1) is 0 Å². The minimum absolute atomic E-state index is 0.271. The summed E-state index contributed by atoms with van der Waals surface area (Å²) in [5.41, 5.74) is 1.09. The molecule has 112 valence electrons. The Bertz CT molecular complexity index is 632. The Labute approximate surface area is 140 Å². The lowest BCUT2D eigenvalue weighted by Crippen LogP contribution is -2.24. The number of rotatable bonds is 5. The third kappa shape index (κ3) is 4.34. The molecule has 2 aromatic carbocycles. The van der Waals surface area contributed by atoms with Crippen molar-refractivity contribution in [3.63, 3.8) is 0 Å². The Hall–Kier alpha value is -0.780. The highest BCUT2D eigenvalue weighted by Crippen LogP contribution is 2.26. The Morgan fingerprint density at radius 2 is 1.67 bits per heavy atom. The zero-order valence-electron chi connectivity index (χ0n) is 11.5. The molecular weight excluding hydrogens is 404 g/mol. The zero-order chi connectivity index (χ0) is 15.4. The van der Waals surface area contributed by atoms with Crippen molar-refractivity contribution >= 4 is 31.9 Å². The maximum absolute atomic E-state index is 14.1. The van der Waals surface area contributed by atoms with Gasteiger partial charge in [-0.25, -0.2) is 8.78 Å². The van der Waals surface area contributed by atoms with Gasteiger partial charge < -0.3 is 5.32 Å². The first-order valence-corrected chi connectivity index (χ1v) is 8.22. The Morgan fingerprint density at radius 1 is 1.00 bits per heavy atom. The first-order valence-electron chi connectivity index (χ1n) is 6.63. The zero-order valence-corrected chi connectivity index (χ0v) is 14.6. The predicted octanol–water partition coefficient (Wildman–Crippen LogP) is 5.38. The van der Waals surface area contributed by atoms with E-state index >= 15 is 0 Å². The summed E-state index contributed by atoms with van der Waals surface area (Å²) in [6, 6.07) is 9.48. The normalized spacial score (nSPS) is 12.4.